The van der Waals surface area contributed by atoms with Crippen molar-refractivity contribution in [2.75, 3.05) is 13.7 Å². The zero-order chi connectivity index (χ0) is 18.4. The number of ether oxygens (including phenoxy) is 2. The van der Waals surface area contributed by atoms with Crippen LogP contribution in [0.5, 0.6) is 11.6 Å². The summed E-state index contributed by atoms with van der Waals surface area (Å²) in [4.78, 5) is 16.0. The zero-order valence-corrected chi connectivity index (χ0v) is 13.6. The highest BCUT2D eigenvalue weighted by Gasteiger charge is 2.28. The van der Waals surface area contributed by atoms with Crippen molar-refractivity contribution in [1.82, 2.24) is 10.3 Å². The molecule has 1 amide bonds. The Bertz CT molecular complexity index is 718. The van der Waals surface area contributed by atoms with Crippen LogP contribution in [0.15, 0.2) is 42.6 Å². The van der Waals surface area contributed by atoms with Gasteiger partial charge in [0.2, 0.25) is 5.88 Å². The maximum absolute atomic E-state index is 12.2. The maximum atomic E-state index is 12.2. The normalized spacial score (nSPS) is 12.4. The lowest BCUT2D eigenvalue weighted by atomic mass is 10.1. The third-order valence-electron chi connectivity index (χ3n) is 3.34. The standard InChI is InChI=1S/C17H17F3N2O3/c1-11(13-5-3-4-6-14(13)24-2)22-16(23)12-7-8-15(21-9-12)25-10-17(18,19)20/h3-9,11H,10H2,1-2H3,(H,22,23)/t11-/m0/s1. The average Bonchev–Trinajstić information content (AvgIpc) is 2.59. The van der Waals surface area contributed by atoms with Crippen molar-refractivity contribution >= 4 is 5.91 Å². The topological polar surface area (TPSA) is 60.5 Å². The van der Waals surface area contributed by atoms with Gasteiger partial charge >= 0.3 is 6.18 Å². The molecule has 0 aliphatic heterocycles. The number of para-hydroxylation sites is 1. The number of halogens is 3. The quantitative estimate of drug-likeness (QED) is 0.862. The van der Waals surface area contributed by atoms with Crippen LogP contribution in [0.25, 0.3) is 0 Å². The fourth-order valence-electron chi connectivity index (χ4n) is 2.14. The van der Waals surface area contributed by atoms with Crippen molar-refractivity contribution in [2.24, 2.45) is 0 Å². The fourth-order valence-corrected chi connectivity index (χ4v) is 2.14. The molecule has 1 heterocycles. The van der Waals surface area contributed by atoms with Gasteiger partial charge in [-0.1, -0.05) is 18.2 Å². The first-order chi connectivity index (χ1) is 11.8. The fraction of sp³-hybridized carbons (Fsp3) is 0.294. The number of benzene rings is 1. The summed E-state index contributed by atoms with van der Waals surface area (Å²) in [5.74, 6) is 0.0317. The molecule has 0 saturated heterocycles. The number of carbonyl (C=O) groups is 1. The van der Waals surface area contributed by atoms with E-state index in [0.29, 0.717) is 5.75 Å². The van der Waals surface area contributed by atoms with Gasteiger partial charge in [0.25, 0.3) is 5.91 Å². The van der Waals surface area contributed by atoms with Crippen molar-refractivity contribution in [3.05, 3.63) is 53.7 Å². The van der Waals surface area contributed by atoms with Crippen LogP contribution in [-0.4, -0.2) is 30.8 Å². The molecule has 1 aromatic heterocycles. The van der Waals surface area contributed by atoms with Crippen molar-refractivity contribution in [3.8, 4) is 11.6 Å². The third kappa shape index (κ3) is 5.37. The number of pyridine rings is 1. The lowest BCUT2D eigenvalue weighted by molar-refractivity contribution is -0.154. The van der Waals surface area contributed by atoms with E-state index < -0.39 is 18.7 Å². The second-order valence-electron chi connectivity index (χ2n) is 5.23. The molecular formula is C17H17F3N2O3. The Morgan fingerprint density at radius 3 is 2.56 bits per heavy atom. The van der Waals surface area contributed by atoms with E-state index in [1.807, 2.05) is 18.2 Å². The van der Waals surface area contributed by atoms with E-state index in [1.165, 1.54) is 19.2 Å². The zero-order valence-electron chi connectivity index (χ0n) is 13.6. The van der Waals surface area contributed by atoms with E-state index in [2.05, 4.69) is 15.0 Å². The van der Waals surface area contributed by atoms with Gasteiger partial charge in [0, 0.05) is 17.8 Å². The molecule has 0 aliphatic carbocycles. The van der Waals surface area contributed by atoms with Crippen molar-refractivity contribution in [3.63, 3.8) is 0 Å². The molecule has 2 aromatic rings. The predicted octanol–water partition coefficient (Wildman–Crippen LogP) is 3.52. The summed E-state index contributed by atoms with van der Waals surface area (Å²) in [7, 11) is 1.54. The highest BCUT2D eigenvalue weighted by Crippen LogP contribution is 2.24. The minimum absolute atomic E-state index is 0.202. The predicted molar refractivity (Wildman–Crippen MR) is 84.7 cm³/mol. The van der Waals surface area contributed by atoms with Crippen LogP contribution in [0.3, 0.4) is 0 Å². The smallest absolute Gasteiger partial charge is 0.422 e. The van der Waals surface area contributed by atoms with Gasteiger partial charge in [-0.05, 0) is 19.1 Å². The molecule has 2 rings (SSSR count). The van der Waals surface area contributed by atoms with Gasteiger partial charge in [-0.25, -0.2) is 4.98 Å². The summed E-state index contributed by atoms with van der Waals surface area (Å²) in [6.07, 6.45) is -3.28. The van der Waals surface area contributed by atoms with E-state index in [0.717, 1.165) is 11.8 Å². The second-order valence-corrected chi connectivity index (χ2v) is 5.23. The number of nitrogens with zero attached hydrogens (tertiary/aromatic N) is 1. The Hall–Kier alpha value is -2.77. The van der Waals surface area contributed by atoms with Crippen LogP contribution >= 0.6 is 0 Å². The molecule has 0 fully saturated rings. The molecule has 5 nitrogen and oxygen atoms in total. The number of nitrogens with one attached hydrogen (secondary N) is 1. The molecule has 0 spiro atoms. The Kier molecular flexibility index (Phi) is 5.84. The highest BCUT2D eigenvalue weighted by atomic mass is 19.4. The average molecular weight is 354 g/mol. The van der Waals surface area contributed by atoms with Crippen molar-refractivity contribution in [2.45, 2.75) is 19.1 Å². The number of methoxy groups -OCH3 is 1. The van der Waals surface area contributed by atoms with Gasteiger partial charge in [-0.15, -0.1) is 0 Å². The largest absolute Gasteiger partial charge is 0.496 e. The molecular weight excluding hydrogens is 337 g/mol. The molecule has 1 aromatic carbocycles. The van der Waals surface area contributed by atoms with Crippen LogP contribution in [0.4, 0.5) is 13.2 Å². The van der Waals surface area contributed by atoms with Crippen LogP contribution < -0.4 is 14.8 Å². The Labute approximate surface area is 142 Å². The molecule has 25 heavy (non-hydrogen) atoms. The Morgan fingerprint density at radius 1 is 1.24 bits per heavy atom. The van der Waals surface area contributed by atoms with Crippen LogP contribution in [0.2, 0.25) is 0 Å². The minimum Gasteiger partial charge on any atom is -0.496 e. The number of carbonyl (C=O) groups excluding carboxylic acids is 1. The van der Waals surface area contributed by atoms with Gasteiger partial charge in [0.05, 0.1) is 18.7 Å². The first-order valence-corrected chi connectivity index (χ1v) is 7.39. The second kappa shape index (κ2) is 7.87. The maximum Gasteiger partial charge on any atom is 0.422 e. The number of aromatic nitrogens is 1. The van der Waals surface area contributed by atoms with E-state index >= 15 is 0 Å². The molecule has 0 unspecified atom stereocenters. The van der Waals surface area contributed by atoms with Crippen molar-refractivity contribution < 1.29 is 27.4 Å². The molecule has 1 N–H and O–H groups in total. The number of hydrogen-bond acceptors (Lipinski definition) is 4. The van der Waals surface area contributed by atoms with Gasteiger partial charge in [0.1, 0.15) is 5.75 Å². The third-order valence-corrected chi connectivity index (χ3v) is 3.34. The monoisotopic (exact) mass is 354 g/mol. The van der Waals surface area contributed by atoms with Gasteiger partial charge in [0.15, 0.2) is 6.61 Å². The number of amides is 1. The molecule has 8 heteroatoms. The Balaban J connectivity index is 2.01. The van der Waals surface area contributed by atoms with Gasteiger partial charge in [-0.2, -0.15) is 13.2 Å². The summed E-state index contributed by atoms with van der Waals surface area (Å²) in [6.45, 7) is 0.361. The van der Waals surface area contributed by atoms with Gasteiger partial charge in [-0.3, -0.25) is 4.79 Å². The number of alkyl halides is 3. The van der Waals surface area contributed by atoms with Crippen LogP contribution in [-0.2, 0) is 0 Å². The molecule has 1 atom stereocenters. The SMILES string of the molecule is COc1ccccc1[C@H](C)NC(=O)c1ccc(OCC(F)(F)F)nc1. The van der Waals surface area contributed by atoms with E-state index in [4.69, 9.17) is 4.74 Å². The van der Waals surface area contributed by atoms with Crippen molar-refractivity contribution in [1.29, 1.82) is 0 Å². The first-order valence-electron chi connectivity index (χ1n) is 7.39. The molecule has 134 valence electrons. The van der Waals surface area contributed by atoms with E-state index in [1.54, 1.807) is 13.0 Å². The summed E-state index contributed by atoms with van der Waals surface area (Å²) in [6, 6.07) is 9.50. The van der Waals surface area contributed by atoms with Crippen LogP contribution in [0.1, 0.15) is 28.9 Å². The Morgan fingerprint density at radius 2 is 1.96 bits per heavy atom. The molecule has 0 bridgehead atoms. The van der Waals surface area contributed by atoms with E-state index in [-0.39, 0.29) is 17.5 Å². The molecule has 0 radical (unpaired) electrons. The minimum atomic E-state index is -4.44. The lowest BCUT2D eigenvalue weighted by Crippen LogP contribution is -2.27. The lowest BCUT2D eigenvalue weighted by Gasteiger charge is -2.17. The summed E-state index contributed by atoms with van der Waals surface area (Å²) < 4.78 is 46.0. The number of hydrogen-bond donors (Lipinski definition) is 1. The molecule has 0 saturated carbocycles. The van der Waals surface area contributed by atoms with E-state index in [9.17, 15) is 18.0 Å². The highest BCUT2D eigenvalue weighted by molar-refractivity contribution is 5.94. The summed E-state index contributed by atoms with van der Waals surface area (Å²) >= 11 is 0. The molecule has 0 aliphatic rings. The summed E-state index contributed by atoms with van der Waals surface area (Å²) in [5, 5.41) is 2.78. The van der Waals surface area contributed by atoms with Gasteiger partial charge < -0.3 is 14.8 Å². The summed E-state index contributed by atoms with van der Waals surface area (Å²) in [5.41, 5.74) is 1.01. The first kappa shape index (κ1) is 18.6. The van der Waals surface area contributed by atoms with Crippen LogP contribution in [0, 0.1) is 0 Å². The number of rotatable bonds is 6.